The molecule has 0 aromatic carbocycles. The number of halogens is 1. The number of rotatable bonds is 3. The summed E-state index contributed by atoms with van der Waals surface area (Å²) >= 11 is 4.62. The van der Waals surface area contributed by atoms with Crippen molar-refractivity contribution in [2.75, 3.05) is 0 Å². The molecule has 3 N–H and O–H groups in total. The highest BCUT2D eigenvalue weighted by atomic mass is 79.9. The molecule has 2 heterocycles. The molecule has 2 aromatic rings. The summed E-state index contributed by atoms with van der Waals surface area (Å²) in [5.41, 5.74) is 0.0310. The zero-order chi connectivity index (χ0) is 11.7. The number of aromatic nitrogens is 2. The Balaban J connectivity index is 2.42. The number of aromatic amines is 1. The van der Waals surface area contributed by atoms with E-state index in [4.69, 9.17) is 5.11 Å². The molecule has 84 valence electrons. The highest BCUT2D eigenvalue weighted by Gasteiger charge is 2.23. The van der Waals surface area contributed by atoms with E-state index in [1.54, 1.807) is 11.4 Å². The Morgan fingerprint density at radius 3 is 2.94 bits per heavy atom. The van der Waals surface area contributed by atoms with E-state index in [1.807, 2.05) is 0 Å². The normalized spacial score (nSPS) is 12.6. The van der Waals surface area contributed by atoms with Crippen molar-refractivity contribution in [2.45, 2.75) is 6.10 Å². The first-order valence-electron chi connectivity index (χ1n) is 4.28. The fourth-order valence-electron chi connectivity index (χ4n) is 1.31. The van der Waals surface area contributed by atoms with E-state index in [9.17, 15) is 9.90 Å². The third-order valence-electron chi connectivity index (χ3n) is 2.04. The lowest BCUT2D eigenvalue weighted by Gasteiger charge is -2.08. The molecule has 0 fully saturated rings. The molecule has 1 unspecified atom stereocenters. The molecule has 7 heteroatoms. The standard InChI is InChI=1S/C9H7BrN2O3S/c10-4-1-2-16-8(4)7(13)5-6(9(14)15)12-3-11-5/h1-3,7,13H,(H,11,12)(H,14,15). The molecular formula is C9H7BrN2O3S. The van der Waals surface area contributed by atoms with Gasteiger partial charge in [-0.1, -0.05) is 0 Å². The monoisotopic (exact) mass is 302 g/mol. The van der Waals surface area contributed by atoms with Crippen LogP contribution in [0.5, 0.6) is 0 Å². The van der Waals surface area contributed by atoms with Gasteiger partial charge in [0.25, 0.3) is 0 Å². The number of thiophene rings is 1. The summed E-state index contributed by atoms with van der Waals surface area (Å²) in [6.45, 7) is 0. The summed E-state index contributed by atoms with van der Waals surface area (Å²) in [5.74, 6) is -1.16. The fraction of sp³-hybridized carbons (Fsp3) is 0.111. The molecule has 0 aliphatic heterocycles. The lowest BCUT2D eigenvalue weighted by atomic mass is 10.2. The first-order valence-corrected chi connectivity index (χ1v) is 5.96. The molecule has 0 saturated heterocycles. The number of aromatic carboxylic acids is 1. The van der Waals surface area contributed by atoms with Gasteiger partial charge in [-0.25, -0.2) is 9.78 Å². The Morgan fingerprint density at radius 2 is 2.38 bits per heavy atom. The van der Waals surface area contributed by atoms with Crippen molar-refractivity contribution < 1.29 is 15.0 Å². The number of nitrogens with one attached hydrogen (secondary N) is 1. The van der Waals surface area contributed by atoms with Gasteiger partial charge in [-0.05, 0) is 27.4 Å². The quantitative estimate of drug-likeness (QED) is 0.809. The topological polar surface area (TPSA) is 86.2 Å². The molecule has 5 nitrogen and oxygen atoms in total. The highest BCUT2D eigenvalue weighted by Crippen LogP contribution is 2.33. The number of nitrogens with zero attached hydrogens (tertiary/aromatic N) is 1. The van der Waals surface area contributed by atoms with Gasteiger partial charge in [-0.15, -0.1) is 11.3 Å². The van der Waals surface area contributed by atoms with E-state index < -0.39 is 12.1 Å². The minimum atomic E-state index is -1.16. The molecule has 2 rings (SSSR count). The number of aliphatic hydroxyl groups is 1. The Morgan fingerprint density at radius 1 is 1.62 bits per heavy atom. The molecule has 1 atom stereocenters. The van der Waals surface area contributed by atoms with Crippen LogP contribution in [0.25, 0.3) is 0 Å². The molecule has 0 spiro atoms. The lowest BCUT2D eigenvalue weighted by Crippen LogP contribution is -2.07. The van der Waals surface area contributed by atoms with Gasteiger partial charge in [-0.2, -0.15) is 0 Å². The van der Waals surface area contributed by atoms with Crippen molar-refractivity contribution in [1.29, 1.82) is 0 Å². The van der Waals surface area contributed by atoms with E-state index >= 15 is 0 Å². The molecule has 0 radical (unpaired) electrons. The number of hydrogen-bond donors (Lipinski definition) is 3. The summed E-state index contributed by atoms with van der Waals surface area (Å²) in [5, 5.41) is 20.7. The van der Waals surface area contributed by atoms with Crippen LogP contribution < -0.4 is 0 Å². The number of imidazole rings is 1. The maximum Gasteiger partial charge on any atom is 0.356 e. The predicted octanol–water partition coefficient (Wildman–Crippen LogP) is 2.01. The summed E-state index contributed by atoms with van der Waals surface area (Å²) in [7, 11) is 0. The Kier molecular flexibility index (Phi) is 3.08. The molecule has 2 aromatic heterocycles. The number of carboxylic acid groups (broad SMARTS) is 1. The molecule has 0 bridgehead atoms. The third kappa shape index (κ3) is 1.89. The number of H-pyrrole nitrogens is 1. The van der Waals surface area contributed by atoms with Crippen LogP contribution in [0.2, 0.25) is 0 Å². The van der Waals surface area contributed by atoms with E-state index in [1.165, 1.54) is 17.7 Å². The van der Waals surface area contributed by atoms with Gasteiger partial charge >= 0.3 is 5.97 Å². The zero-order valence-electron chi connectivity index (χ0n) is 7.85. The van der Waals surface area contributed by atoms with Gasteiger partial charge in [0, 0.05) is 4.47 Å². The van der Waals surface area contributed by atoms with Gasteiger partial charge in [0.15, 0.2) is 5.69 Å². The van der Waals surface area contributed by atoms with Crippen LogP contribution in [0.4, 0.5) is 0 Å². The van der Waals surface area contributed by atoms with Crippen molar-refractivity contribution in [1.82, 2.24) is 9.97 Å². The highest BCUT2D eigenvalue weighted by molar-refractivity contribution is 9.10. The maximum absolute atomic E-state index is 10.8. The van der Waals surface area contributed by atoms with E-state index in [2.05, 4.69) is 25.9 Å². The van der Waals surface area contributed by atoms with Crippen LogP contribution in [0.3, 0.4) is 0 Å². The molecule has 0 aliphatic carbocycles. The number of hydrogen-bond acceptors (Lipinski definition) is 4. The van der Waals surface area contributed by atoms with E-state index in [0.717, 1.165) is 4.47 Å². The van der Waals surface area contributed by atoms with Crippen LogP contribution >= 0.6 is 27.3 Å². The van der Waals surface area contributed by atoms with Gasteiger partial charge in [0.05, 0.1) is 16.9 Å². The fourth-order valence-corrected chi connectivity index (χ4v) is 2.90. The summed E-state index contributed by atoms with van der Waals surface area (Å²) in [4.78, 5) is 17.8. The van der Waals surface area contributed by atoms with Crippen LogP contribution in [0, 0.1) is 0 Å². The smallest absolute Gasteiger partial charge is 0.356 e. The second-order valence-corrected chi connectivity index (χ2v) is 4.81. The summed E-state index contributed by atoms with van der Waals surface area (Å²) in [6, 6.07) is 1.79. The van der Waals surface area contributed by atoms with Gasteiger partial charge in [-0.3, -0.25) is 0 Å². The van der Waals surface area contributed by atoms with Crippen LogP contribution in [-0.4, -0.2) is 26.2 Å². The molecular weight excluding hydrogens is 296 g/mol. The van der Waals surface area contributed by atoms with Crippen molar-refractivity contribution in [3.63, 3.8) is 0 Å². The maximum atomic E-state index is 10.8. The van der Waals surface area contributed by atoms with Crippen molar-refractivity contribution in [3.8, 4) is 0 Å². The second-order valence-electron chi connectivity index (χ2n) is 3.01. The van der Waals surface area contributed by atoms with E-state index in [0.29, 0.717) is 4.88 Å². The Labute approximate surface area is 103 Å². The first kappa shape index (κ1) is 11.3. The average Bonchev–Trinajstić information content (AvgIpc) is 2.84. The second kappa shape index (κ2) is 4.36. The van der Waals surface area contributed by atoms with Crippen LogP contribution in [0.1, 0.15) is 27.2 Å². The first-order chi connectivity index (χ1) is 7.61. The molecule has 0 amide bonds. The van der Waals surface area contributed by atoms with Crippen molar-refractivity contribution >= 4 is 33.2 Å². The van der Waals surface area contributed by atoms with Gasteiger partial charge in [0.2, 0.25) is 0 Å². The van der Waals surface area contributed by atoms with Crippen LogP contribution in [-0.2, 0) is 0 Å². The largest absolute Gasteiger partial charge is 0.476 e. The predicted molar refractivity (Wildman–Crippen MR) is 61.6 cm³/mol. The summed E-state index contributed by atoms with van der Waals surface area (Å²) < 4.78 is 0.746. The molecule has 16 heavy (non-hydrogen) atoms. The van der Waals surface area contributed by atoms with E-state index in [-0.39, 0.29) is 11.4 Å². The van der Waals surface area contributed by atoms with Crippen molar-refractivity contribution in [3.05, 3.63) is 38.5 Å². The minimum absolute atomic E-state index is 0.159. The number of aliphatic hydroxyl groups excluding tert-OH is 1. The third-order valence-corrected chi connectivity index (χ3v) is 3.96. The van der Waals surface area contributed by atoms with Gasteiger partial charge < -0.3 is 15.2 Å². The SMILES string of the molecule is O=C(O)c1nc[nH]c1C(O)c1sccc1Br. The average molecular weight is 303 g/mol. The Hall–Kier alpha value is -1.18. The lowest BCUT2D eigenvalue weighted by molar-refractivity contribution is 0.0685. The zero-order valence-corrected chi connectivity index (χ0v) is 10.2. The van der Waals surface area contributed by atoms with Crippen LogP contribution in [0.15, 0.2) is 22.2 Å². The number of carbonyl (C=O) groups is 1. The number of carboxylic acids is 1. The van der Waals surface area contributed by atoms with Crippen molar-refractivity contribution in [2.24, 2.45) is 0 Å². The summed E-state index contributed by atoms with van der Waals surface area (Å²) in [6.07, 6.45) is 0.242. The molecule has 0 saturated carbocycles. The minimum Gasteiger partial charge on any atom is -0.476 e. The molecule has 0 aliphatic rings. The van der Waals surface area contributed by atoms with Gasteiger partial charge in [0.1, 0.15) is 6.10 Å². The Bertz CT molecular complexity index is 522.